The molecule has 5 nitrogen and oxygen atoms in total. The van der Waals surface area contributed by atoms with E-state index in [0.29, 0.717) is 6.04 Å². The van der Waals surface area contributed by atoms with Gasteiger partial charge in [0.2, 0.25) is 0 Å². The molecule has 5 heteroatoms. The minimum atomic E-state index is 0.379. The monoisotopic (exact) mass is 307 g/mol. The number of hydrogen-bond acceptors (Lipinski definition) is 5. The van der Waals surface area contributed by atoms with Crippen molar-refractivity contribution in [2.45, 2.75) is 25.8 Å². The SMILES string of the molecule is Cc1cc(N(C)C2CCCN(c3ccccc3C#N)C2)ncn1. The predicted molar refractivity (Wildman–Crippen MR) is 91.6 cm³/mol. The van der Waals surface area contributed by atoms with Gasteiger partial charge in [0.25, 0.3) is 0 Å². The maximum Gasteiger partial charge on any atom is 0.132 e. The number of benzene rings is 1. The van der Waals surface area contributed by atoms with E-state index < -0.39 is 0 Å². The van der Waals surface area contributed by atoms with Crippen LogP contribution >= 0.6 is 0 Å². The van der Waals surface area contributed by atoms with Crippen LogP contribution in [0.1, 0.15) is 24.1 Å². The van der Waals surface area contributed by atoms with Gasteiger partial charge in [-0.1, -0.05) is 12.1 Å². The highest BCUT2D eigenvalue weighted by atomic mass is 15.3. The van der Waals surface area contributed by atoms with Crippen LogP contribution in [-0.2, 0) is 0 Å². The quantitative estimate of drug-likeness (QED) is 0.872. The van der Waals surface area contributed by atoms with Crippen molar-refractivity contribution in [3.8, 4) is 6.07 Å². The van der Waals surface area contributed by atoms with E-state index in [0.717, 1.165) is 48.7 Å². The van der Waals surface area contributed by atoms with Gasteiger partial charge in [0, 0.05) is 37.9 Å². The summed E-state index contributed by atoms with van der Waals surface area (Å²) in [5.41, 5.74) is 2.75. The van der Waals surface area contributed by atoms with E-state index in [1.54, 1.807) is 6.33 Å². The molecule has 0 N–H and O–H groups in total. The van der Waals surface area contributed by atoms with Crippen molar-refractivity contribution in [1.29, 1.82) is 5.26 Å². The van der Waals surface area contributed by atoms with Gasteiger partial charge < -0.3 is 9.80 Å². The van der Waals surface area contributed by atoms with E-state index in [1.165, 1.54) is 0 Å². The zero-order valence-electron chi connectivity index (χ0n) is 13.6. The molecule has 0 amide bonds. The Bertz CT molecular complexity index is 721. The van der Waals surface area contributed by atoms with Crippen LogP contribution in [0.4, 0.5) is 11.5 Å². The summed E-state index contributed by atoms with van der Waals surface area (Å²) in [4.78, 5) is 13.1. The Kier molecular flexibility index (Phi) is 4.42. The highest BCUT2D eigenvalue weighted by molar-refractivity contribution is 5.59. The largest absolute Gasteiger partial charge is 0.368 e. The zero-order chi connectivity index (χ0) is 16.2. The average molecular weight is 307 g/mol. The van der Waals surface area contributed by atoms with E-state index >= 15 is 0 Å². The number of hydrogen-bond donors (Lipinski definition) is 0. The van der Waals surface area contributed by atoms with E-state index in [1.807, 2.05) is 37.3 Å². The van der Waals surface area contributed by atoms with Gasteiger partial charge in [-0.15, -0.1) is 0 Å². The number of likely N-dealkylation sites (N-methyl/N-ethyl adjacent to an activating group) is 1. The molecule has 0 bridgehead atoms. The zero-order valence-corrected chi connectivity index (χ0v) is 13.6. The van der Waals surface area contributed by atoms with Crippen molar-refractivity contribution in [3.05, 3.63) is 47.9 Å². The molecule has 0 radical (unpaired) electrons. The average Bonchev–Trinajstić information content (AvgIpc) is 2.61. The molecule has 2 aromatic rings. The first kappa shape index (κ1) is 15.3. The second-order valence-corrected chi connectivity index (χ2v) is 6.00. The minimum Gasteiger partial charge on any atom is -0.368 e. The maximum absolute atomic E-state index is 9.33. The van der Waals surface area contributed by atoms with Crippen LogP contribution in [0.15, 0.2) is 36.7 Å². The number of aromatic nitrogens is 2. The molecule has 118 valence electrons. The fourth-order valence-electron chi connectivity index (χ4n) is 3.15. The topological polar surface area (TPSA) is 56.0 Å². The maximum atomic E-state index is 9.33. The molecular formula is C18H21N5. The van der Waals surface area contributed by atoms with Gasteiger partial charge in [-0.3, -0.25) is 0 Å². The van der Waals surface area contributed by atoms with Crippen LogP contribution in [0.2, 0.25) is 0 Å². The highest BCUT2D eigenvalue weighted by Crippen LogP contribution is 2.26. The molecule has 1 saturated heterocycles. The van der Waals surface area contributed by atoms with Gasteiger partial charge in [-0.05, 0) is 31.9 Å². The molecule has 1 fully saturated rings. The lowest BCUT2D eigenvalue weighted by atomic mass is 10.0. The normalized spacial score (nSPS) is 17.6. The van der Waals surface area contributed by atoms with Gasteiger partial charge in [0.15, 0.2) is 0 Å². The summed E-state index contributed by atoms with van der Waals surface area (Å²) in [6.07, 6.45) is 3.86. The number of rotatable bonds is 3. The predicted octanol–water partition coefficient (Wildman–Crippen LogP) is 2.76. The van der Waals surface area contributed by atoms with Gasteiger partial charge in [0.1, 0.15) is 18.2 Å². The summed E-state index contributed by atoms with van der Waals surface area (Å²) in [5.74, 6) is 0.956. The molecule has 1 aromatic heterocycles. The van der Waals surface area contributed by atoms with Crippen molar-refractivity contribution in [2.75, 3.05) is 29.9 Å². The summed E-state index contributed by atoms with van der Waals surface area (Å²) >= 11 is 0. The van der Waals surface area contributed by atoms with Gasteiger partial charge in [-0.25, -0.2) is 9.97 Å². The number of nitriles is 1. The molecular weight excluding hydrogens is 286 g/mol. The van der Waals surface area contributed by atoms with Crippen LogP contribution in [0.5, 0.6) is 0 Å². The lowest BCUT2D eigenvalue weighted by Crippen LogP contribution is -2.47. The van der Waals surface area contributed by atoms with Crippen molar-refractivity contribution in [1.82, 2.24) is 9.97 Å². The Morgan fingerprint density at radius 1 is 1.30 bits per heavy atom. The lowest BCUT2D eigenvalue weighted by Gasteiger charge is -2.39. The molecule has 1 unspecified atom stereocenters. The molecule has 0 saturated carbocycles. The fourth-order valence-corrected chi connectivity index (χ4v) is 3.15. The number of para-hydroxylation sites is 1. The Morgan fingerprint density at radius 3 is 2.91 bits per heavy atom. The van der Waals surface area contributed by atoms with Gasteiger partial charge >= 0.3 is 0 Å². The summed E-state index contributed by atoms with van der Waals surface area (Å²) in [5, 5.41) is 9.33. The first-order chi connectivity index (χ1) is 11.2. The van der Waals surface area contributed by atoms with Crippen molar-refractivity contribution < 1.29 is 0 Å². The highest BCUT2D eigenvalue weighted by Gasteiger charge is 2.25. The van der Waals surface area contributed by atoms with Crippen molar-refractivity contribution in [3.63, 3.8) is 0 Å². The van der Waals surface area contributed by atoms with Gasteiger partial charge in [0.05, 0.1) is 11.3 Å². The second kappa shape index (κ2) is 6.66. The molecule has 1 atom stereocenters. The smallest absolute Gasteiger partial charge is 0.132 e. The third-order valence-electron chi connectivity index (χ3n) is 4.46. The molecule has 0 aliphatic carbocycles. The van der Waals surface area contributed by atoms with E-state index in [4.69, 9.17) is 0 Å². The second-order valence-electron chi connectivity index (χ2n) is 6.00. The number of aryl methyl sites for hydroxylation is 1. The van der Waals surface area contributed by atoms with Crippen LogP contribution in [0.3, 0.4) is 0 Å². The van der Waals surface area contributed by atoms with Crippen LogP contribution in [-0.4, -0.2) is 36.1 Å². The van der Waals surface area contributed by atoms with Gasteiger partial charge in [-0.2, -0.15) is 5.26 Å². The third kappa shape index (κ3) is 3.26. The van der Waals surface area contributed by atoms with E-state index in [-0.39, 0.29) is 0 Å². The van der Waals surface area contributed by atoms with E-state index in [9.17, 15) is 5.26 Å². The molecule has 2 heterocycles. The summed E-state index contributed by atoms with van der Waals surface area (Å²) in [6.45, 7) is 3.87. The van der Waals surface area contributed by atoms with Crippen LogP contribution < -0.4 is 9.80 Å². The van der Waals surface area contributed by atoms with Crippen LogP contribution in [0.25, 0.3) is 0 Å². The molecule has 0 spiro atoms. The molecule has 1 aromatic carbocycles. The summed E-state index contributed by atoms with van der Waals surface area (Å²) in [7, 11) is 2.09. The Hall–Kier alpha value is -2.61. The number of nitrogens with zero attached hydrogens (tertiary/aromatic N) is 5. The molecule has 1 aliphatic heterocycles. The number of piperidine rings is 1. The Balaban J connectivity index is 1.79. The lowest BCUT2D eigenvalue weighted by molar-refractivity contribution is 0.485. The fraction of sp³-hybridized carbons (Fsp3) is 0.389. The van der Waals surface area contributed by atoms with E-state index in [2.05, 4.69) is 32.9 Å². The standard InChI is InChI=1S/C18H21N5/c1-14-10-18(21-13-20-14)22(2)16-7-5-9-23(12-16)17-8-4-3-6-15(17)11-19/h3-4,6,8,10,13,16H,5,7,9,12H2,1-2H3. The summed E-state index contributed by atoms with van der Waals surface area (Å²) < 4.78 is 0. The van der Waals surface area contributed by atoms with Crippen molar-refractivity contribution in [2.24, 2.45) is 0 Å². The minimum absolute atomic E-state index is 0.379. The Morgan fingerprint density at radius 2 is 2.13 bits per heavy atom. The van der Waals surface area contributed by atoms with Crippen molar-refractivity contribution >= 4 is 11.5 Å². The Labute approximate surface area is 137 Å². The molecule has 1 aliphatic rings. The third-order valence-corrected chi connectivity index (χ3v) is 4.46. The molecule has 23 heavy (non-hydrogen) atoms. The first-order valence-corrected chi connectivity index (χ1v) is 7.94. The van der Waals surface area contributed by atoms with Crippen LogP contribution in [0, 0.1) is 18.3 Å². The summed E-state index contributed by atoms with van der Waals surface area (Å²) in [6, 6.07) is 12.5. The molecule has 3 rings (SSSR count). The first-order valence-electron chi connectivity index (χ1n) is 7.94. The number of anilines is 2.